The van der Waals surface area contributed by atoms with Crippen LogP contribution in [0.3, 0.4) is 0 Å². The summed E-state index contributed by atoms with van der Waals surface area (Å²) in [5.41, 5.74) is 1.56. The highest BCUT2D eigenvalue weighted by Crippen LogP contribution is 2.64. The van der Waals surface area contributed by atoms with Crippen molar-refractivity contribution in [1.29, 1.82) is 0 Å². The zero-order valence-corrected chi connectivity index (χ0v) is 14.8. The molecule has 0 radical (unpaired) electrons. The first-order valence-electron chi connectivity index (χ1n) is 9.32. The molecule has 0 aromatic carbocycles. The fourth-order valence-corrected chi connectivity index (χ4v) is 5.63. The lowest BCUT2D eigenvalue weighted by Crippen LogP contribution is -2.56. The van der Waals surface area contributed by atoms with Crippen LogP contribution in [0.1, 0.15) is 65.7 Å². The van der Waals surface area contributed by atoms with Gasteiger partial charge in [-0.1, -0.05) is 31.9 Å². The van der Waals surface area contributed by atoms with Crippen molar-refractivity contribution in [3.05, 3.63) is 11.6 Å². The third-order valence-electron chi connectivity index (χ3n) is 6.84. The van der Waals surface area contributed by atoms with Crippen LogP contribution >= 0.6 is 0 Å². The van der Waals surface area contributed by atoms with E-state index < -0.39 is 5.79 Å². The summed E-state index contributed by atoms with van der Waals surface area (Å²) in [6, 6.07) is 0. The number of Topliss-reactive ketones (excluding diaryl/α,β-unsaturated/α-hetero) is 1. The van der Waals surface area contributed by atoms with Crippen molar-refractivity contribution in [3.63, 3.8) is 0 Å². The van der Waals surface area contributed by atoms with Crippen molar-refractivity contribution >= 4 is 5.78 Å². The second-order valence-electron chi connectivity index (χ2n) is 9.29. The summed E-state index contributed by atoms with van der Waals surface area (Å²) in [5.74, 6) is 0.327. The Bertz CT molecular complexity index is 537. The number of rotatable bonds is 0. The Morgan fingerprint density at radius 2 is 1.87 bits per heavy atom. The topological polar surface area (TPSA) is 35.5 Å². The number of ketones is 1. The van der Waals surface area contributed by atoms with E-state index in [9.17, 15) is 4.79 Å². The lowest BCUT2D eigenvalue weighted by atomic mass is 9.58. The van der Waals surface area contributed by atoms with Gasteiger partial charge in [0.25, 0.3) is 0 Å². The second kappa shape index (κ2) is 5.16. The summed E-state index contributed by atoms with van der Waals surface area (Å²) in [6.45, 7) is 8.00. The molecular weight excluding hydrogens is 288 g/mol. The molecule has 3 aliphatic carbocycles. The molecule has 0 aromatic rings. The Morgan fingerprint density at radius 1 is 1.13 bits per heavy atom. The Kier molecular flexibility index (Phi) is 3.55. The summed E-state index contributed by atoms with van der Waals surface area (Å²) in [7, 11) is 0. The second-order valence-corrected chi connectivity index (χ2v) is 9.29. The molecule has 1 spiro atoms. The predicted octanol–water partition coefficient (Wildman–Crippen LogP) is 4.26. The van der Waals surface area contributed by atoms with Gasteiger partial charge in [-0.3, -0.25) is 4.79 Å². The van der Waals surface area contributed by atoms with Crippen molar-refractivity contribution < 1.29 is 14.3 Å². The largest absolute Gasteiger partial charge is 0.349 e. The van der Waals surface area contributed by atoms with Gasteiger partial charge < -0.3 is 9.47 Å². The fraction of sp³-hybridized carbons (Fsp3) is 0.850. The number of carbonyl (C=O) groups is 1. The summed E-state index contributed by atoms with van der Waals surface area (Å²) >= 11 is 0. The van der Waals surface area contributed by atoms with Crippen molar-refractivity contribution in [2.24, 2.45) is 22.7 Å². The van der Waals surface area contributed by atoms with E-state index in [4.69, 9.17) is 9.47 Å². The van der Waals surface area contributed by atoms with Crippen LogP contribution in [0.15, 0.2) is 11.6 Å². The summed E-state index contributed by atoms with van der Waals surface area (Å²) < 4.78 is 12.8. The first-order valence-corrected chi connectivity index (χ1v) is 9.32. The monoisotopic (exact) mass is 318 g/mol. The molecule has 4 rings (SSSR count). The zero-order valence-electron chi connectivity index (χ0n) is 14.8. The molecule has 1 saturated heterocycles. The van der Waals surface area contributed by atoms with Crippen LogP contribution in [0.5, 0.6) is 0 Å². The van der Waals surface area contributed by atoms with Gasteiger partial charge in [0.05, 0.1) is 13.2 Å². The Labute approximate surface area is 139 Å². The average molecular weight is 318 g/mol. The molecule has 1 heterocycles. The smallest absolute Gasteiger partial charge is 0.172 e. The van der Waals surface area contributed by atoms with E-state index in [0.29, 0.717) is 12.2 Å². The van der Waals surface area contributed by atoms with Crippen LogP contribution in [0.4, 0.5) is 0 Å². The molecule has 0 N–H and O–H groups in total. The van der Waals surface area contributed by atoms with Gasteiger partial charge in [-0.05, 0) is 38.0 Å². The van der Waals surface area contributed by atoms with Crippen molar-refractivity contribution in [2.45, 2.75) is 71.5 Å². The minimum Gasteiger partial charge on any atom is -0.349 e. The summed E-state index contributed by atoms with van der Waals surface area (Å²) in [5, 5.41) is 0. The number of allylic oxidation sites excluding steroid dienone is 2. The van der Waals surface area contributed by atoms with E-state index in [1.807, 2.05) is 0 Å². The van der Waals surface area contributed by atoms with Crippen molar-refractivity contribution in [3.8, 4) is 0 Å². The van der Waals surface area contributed by atoms with E-state index in [2.05, 4.69) is 26.8 Å². The van der Waals surface area contributed by atoms with Gasteiger partial charge in [0.1, 0.15) is 5.78 Å². The number of ether oxygens (including phenoxy) is 2. The van der Waals surface area contributed by atoms with E-state index in [1.54, 1.807) is 0 Å². The lowest BCUT2D eigenvalue weighted by molar-refractivity contribution is -0.327. The standard InChI is InChI=1S/C20H30O3/c1-14-6-8-19-7-4-5-15(16(21)11-14)17(19)20(10-9-19)22-12-18(2,3)13-23-20/h6,15,17H,4-5,7-13H2,1-3H3. The predicted molar refractivity (Wildman–Crippen MR) is 88.9 cm³/mol. The maximum Gasteiger partial charge on any atom is 0.172 e. The molecule has 23 heavy (non-hydrogen) atoms. The van der Waals surface area contributed by atoms with Gasteiger partial charge in [-0.25, -0.2) is 0 Å². The molecule has 0 aromatic heterocycles. The molecule has 1 aliphatic heterocycles. The molecule has 2 saturated carbocycles. The van der Waals surface area contributed by atoms with Gasteiger partial charge >= 0.3 is 0 Å². The Hall–Kier alpha value is -0.670. The molecule has 3 heteroatoms. The molecule has 128 valence electrons. The minimum absolute atomic E-state index is 0.0816. The first kappa shape index (κ1) is 15.8. The first-order chi connectivity index (χ1) is 10.9. The average Bonchev–Trinajstić information content (AvgIpc) is 2.83. The normalized spacial score (nSPS) is 41.9. The molecular formula is C20H30O3. The number of hydrogen-bond donors (Lipinski definition) is 0. The quantitative estimate of drug-likeness (QED) is 0.626. The summed E-state index contributed by atoms with van der Waals surface area (Å²) in [6.07, 6.45) is 9.60. The van der Waals surface area contributed by atoms with E-state index >= 15 is 0 Å². The van der Waals surface area contributed by atoms with Crippen molar-refractivity contribution in [1.82, 2.24) is 0 Å². The van der Waals surface area contributed by atoms with Crippen LogP contribution in [-0.2, 0) is 14.3 Å². The zero-order chi connectivity index (χ0) is 16.3. The molecule has 3 atom stereocenters. The third kappa shape index (κ3) is 2.42. The number of carbonyl (C=O) groups excluding carboxylic acids is 1. The molecule has 3 unspecified atom stereocenters. The maximum atomic E-state index is 12.9. The van der Waals surface area contributed by atoms with Crippen molar-refractivity contribution in [2.75, 3.05) is 13.2 Å². The van der Waals surface area contributed by atoms with Gasteiger partial charge in [0, 0.05) is 30.1 Å². The van der Waals surface area contributed by atoms with E-state index in [1.165, 1.54) is 18.4 Å². The lowest BCUT2D eigenvalue weighted by Gasteiger charge is -2.52. The summed E-state index contributed by atoms with van der Waals surface area (Å²) in [4.78, 5) is 12.9. The van der Waals surface area contributed by atoms with Crippen LogP contribution < -0.4 is 0 Å². The molecule has 2 bridgehead atoms. The van der Waals surface area contributed by atoms with Crippen LogP contribution in [0.25, 0.3) is 0 Å². The number of hydrogen-bond acceptors (Lipinski definition) is 3. The van der Waals surface area contributed by atoms with Gasteiger partial charge in [0.2, 0.25) is 0 Å². The molecule has 3 fully saturated rings. The van der Waals surface area contributed by atoms with E-state index in [-0.39, 0.29) is 22.7 Å². The maximum absolute atomic E-state index is 12.9. The third-order valence-corrected chi connectivity index (χ3v) is 6.84. The van der Waals surface area contributed by atoms with Gasteiger partial charge in [0.15, 0.2) is 5.79 Å². The highest BCUT2D eigenvalue weighted by molar-refractivity contribution is 5.84. The minimum atomic E-state index is -0.491. The van der Waals surface area contributed by atoms with E-state index in [0.717, 1.165) is 38.9 Å². The van der Waals surface area contributed by atoms with Crippen LogP contribution in [0.2, 0.25) is 0 Å². The SMILES string of the molecule is CC1=CCC23CCCC(C(=O)C1)C2C1(CC3)OCC(C)(C)CO1. The van der Waals surface area contributed by atoms with Gasteiger partial charge in [-0.15, -0.1) is 0 Å². The van der Waals surface area contributed by atoms with Gasteiger partial charge in [-0.2, -0.15) is 0 Å². The highest BCUT2D eigenvalue weighted by Gasteiger charge is 2.64. The van der Waals surface area contributed by atoms with Crippen LogP contribution in [-0.4, -0.2) is 24.8 Å². The molecule has 3 nitrogen and oxygen atoms in total. The fourth-order valence-electron chi connectivity index (χ4n) is 5.63. The highest BCUT2D eigenvalue weighted by atomic mass is 16.7. The molecule has 0 amide bonds. The molecule has 4 aliphatic rings. The Morgan fingerprint density at radius 3 is 2.61 bits per heavy atom. The van der Waals surface area contributed by atoms with Crippen LogP contribution in [0, 0.1) is 22.7 Å². The Balaban J connectivity index is 1.73.